The Morgan fingerprint density at radius 2 is 1.79 bits per heavy atom. The number of benzene rings is 3. The fourth-order valence-electron chi connectivity index (χ4n) is 3.04. The molecule has 2 amide bonds. The summed E-state index contributed by atoms with van der Waals surface area (Å²) in [6, 6.07) is 17.8. The van der Waals surface area contributed by atoms with Crippen LogP contribution in [0.3, 0.4) is 0 Å². The monoisotopic (exact) mass is 427 g/mol. The average molecular weight is 428 g/mol. The fourth-order valence-corrected chi connectivity index (χ4v) is 4.11. The van der Waals surface area contributed by atoms with E-state index in [2.05, 4.69) is 0 Å². The van der Waals surface area contributed by atoms with Crippen molar-refractivity contribution in [3.05, 3.63) is 82.0 Å². The molecule has 3 aromatic rings. The maximum Gasteiger partial charge on any atom is 0.293 e. The Morgan fingerprint density at radius 1 is 1.03 bits per heavy atom. The topological polar surface area (TPSA) is 46.6 Å². The minimum atomic E-state index is -0.552. The van der Waals surface area contributed by atoms with Crippen LogP contribution >= 0.6 is 23.4 Å². The number of ether oxygens (including phenoxy) is 1. The second-order valence-electron chi connectivity index (χ2n) is 6.29. The Hall–Kier alpha value is -2.83. The number of amides is 2. The van der Waals surface area contributed by atoms with Crippen LogP contribution in [-0.2, 0) is 4.79 Å². The Kier molecular flexibility index (Phi) is 5.56. The maximum absolute atomic E-state index is 14.0. The van der Waals surface area contributed by atoms with E-state index >= 15 is 0 Å². The van der Waals surface area contributed by atoms with E-state index in [0.29, 0.717) is 5.75 Å². The molecule has 3 aromatic carbocycles. The van der Waals surface area contributed by atoms with Gasteiger partial charge in [-0.2, -0.15) is 0 Å². The predicted octanol–water partition coefficient (Wildman–Crippen LogP) is 5.75. The van der Waals surface area contributed by atoms with Crippen LogP contribution in [0.5, 0.6) is 5.75 Å². The van der Waals surface area contributed by atoms with Crippen molar-refractivity contribution in [1.82, 2.24) is 4.90 Å². The van der Waals surface area contributed by atoms with Crippen molar-refractivity contribution in [2.24, 2.45) is 0 Å². The van der Waals surface area contributed by atoms with Gasteiger partial charge in [-0.25, -0.2) is 4.39 Å². The van der Waals surface area contributed by atoms with Crippen LogP contribution in [0.4, 0.5) is 9.18 Å². The molecule has 0 unspecified atom stereocenters. The Morgan fingerprint density at radius 3 is 2.62 bits per heavy atom. The third-order valence-electron chi connectivity index (χ3n) is 4.47. The molecule has 0 spiro atoms. The lowest BCUT2D eigenvalue weighted by Gasteiger charge is -2.14. The first kappa shape index (κ1) is 19.5. The summed E-state index contributed by atoms with van der Waals surface area (Å²) in [5, 5.41) is 1.76. The minimum absolute atomic E-state index is 0.0895. The number of halogens is 2. The highest BCUT2D eigenvalue weighted by atomic mass is 35.5. The number of carbonyl (C=O) groups is 2. The molecule has 0 N–H and O–H groups in total. The van der Waals surface area contributed by atoms with Crippen molar-refractivity contribution >= 4 is 51.4 Å². The summed E-state index contributed by atoms with van der Waals surface area (Å²) in [7, 11) is 0. The SMILES string of the molecule is O=C1S/C(=C\c2c(F)cccc2Cl)C(=O)N1CCOc1cccc2ccccc12. The van der Waals surface area contributed by atoms with Crippen molar-refractivity contribution in [1.29, 1.82) is 0 Å². The number of carbonyl (C=O) groups excluding carboxylic acids is 2. The summed E-state index contributed by atoms with van der Waals surface area (Å²) in [5.74, 6) is -0.354. The highest BCUT2D eigenvalue weighted by Gasteiger charge is 2.35. The lowest BCUT2D eigenvalue weighted by atomic mass is 10.1. The Labute approximate surface area is 175 Å². The van der Waals surface area contributed by atoms with Gasteiger partial charge in [-0.3, -0.25) is 14.5 Å². The summed E-state index contributed by atoms with van der Waals surface area (Å²) in [4.78, 5) is 26.1. The first-order valence-electron chi connectivity index (χ1n) is 8.84. The molecular formula is C22H15ClFNO3S. The molecule has 0 bridgehead atoms. The summed E-state index contributed by atoms with van der Waals surface area (Å²) in [6.45, 7) is 0.246. The maximum atomic E-state index is 14.0. The quantitative estimate of drug-likeness (QED) is 0.486. The van der Waals surface area contributed by atoms with Gasteiger partial charge in [-0.15, -0.1) is 0 Å². The minimum Gasteiger partial charge on any atom is -0.491 e. The second-order valence-corrected chi connectivity index (χ2v) is 7.69. The number of hydrogen-bond acceptors (Lipinski definition) is 4. The number of imide groups is 1. The summed E-state index contributed by atoms with van der Waals surface area (Å²) in [5.41, 5.74) is 0.0895. The van der Waals surface area contributed by atoms with Crippen LogP contribution in [0.1, 0.15) is 5.56 Å². The van der Waals surface area contributed by atoms with Crippen molar-refractivity contribution < 1.29 is 18.7 Å². The number of fused-ring (bicyclic) bond motifs is 1. The summed E-state index contributed by atoms with van der Waals surface area (Å²) in [6.07, 6.45) is 1.31. The van der Waals surface area contributed by atoms with Gasteiger partial charge in [0.05, 0.1) is 16.5 Å². The van der Waals surface area contributed by atoms with E-state index < -0.39 is 17.0 Å². The van der Waals surface area contributed by atoms with E-state index in [-0.39, 0.29) is 28.6 Å². The van der Waals surface area contributed by atoms with Gasteiger partial charge in [-0.1, -0.05) is 54.1 Å². The molecule has 29 heavy (non-hydrogen) atoms. The smallest absolute Gasteiger partial charge is 0.293 e. The zero-order valence-corrected chi connectivity index (χ0v) is 16.7. The molecule has 1 fully saturated rings. The van der Waals surface area contributed by atoms with Gasteiger partial charge in [0.25, 0.3) is 11.1 Å². The van der Waals surface area contributed by atoms with Crippen LogP contribution in [-0.4, -0.2) is 29.2 Å². The third-order valence-corrected chi connectivity index (χ3v) is 5.71. The second kappa shape index (κ2) is 8.27. The van der Waals surface area contributed by atoms with Crippen LogP contribution in [0.2, 0.25) is 5.02 Å². The Balaban J connectivity index is 1.47. The van der Waals surface area contributed by atoms with E-state index in [4.69, 9.17) is 16.3 Å². The van der Waals surface area contributed by atoms with Gasteiger partial charge < -0.3 is 4.74 Å². The molecule has 0 saturated carbocycles. The first-order chi connectivity index (χ1) is 14.0. The van der Waals surface area contributed by atoms with Crippen LogP contribution in [0, 0.1) is 5.82 Å². The zero-order valence-electron chi connectivity index (χ0n) is 15.1. The fraction of sp³-hybridized carbons (Fsp3) is 0.0909. The molecule has 1 saturated heterocycles. The highest BCUT2D eigenvalue weighted by molar-refractivity contribution is 8.18. The number of nitrogens with zero attached hydrogens (tertiary/aromatic N) is 1. The normalized spacial score (nSPS) is 15.5. The molecule has 4 nitrogen and oxygen atoms in total. The van der Waals surface area contributed by atoms with E-state index in [9.17, 15) is 14.0 Å². The molecule has 7 heteroatoms. The lowest BCUT2D eigenvalue weighted by Crippen LogP contribution is -2.32. The highest BCUT2D eigenvalue weighted by Crippen LogP contribution is 2.34. The van der Waals surface area contributed by atoms with Crippen LogP contribution < -0.4 is 4.74 Å². The third kappa shape index (κ3) is 3.99. The van der Waals surface area contributed by atoms with E-state index in [0.717, 1.165) is 27.4 Å². The number of thioether (sulfide) groups is 1. The van der Waals surface area contributed by atoms with Crippen molar-refractivity contribution in [2.45, 2.75) is 0 Å². The molecule has 1 aliphatic heterocycles. The molecule has 0 atom stereocenters. The number of hydrogen-bond donors (Lipinski definition) is 0. The van der Waals surface area contributed by atoms with Crippen LogP contribution in [0.15, 0.2) is 65.6 Å². The van der Waals surface area contributed by atoms with Crippen molar-refractivity contribution in [3.63, 3.8) is 0 Å². The van der Waals surface area contributed by atoms with Crippen molar-refractivity contribution in [3.8, 4) is 5.75 Å². The molecule has 146 valence electrons. The van der Waals surface area contributed by atoms with E-state index in [1.54, 1.807) is 0 Å². The molecule has 0 radical (unpaired) electrons. The molecule has 1 heterocycles. The first-order valence-corrected chi connectivity index (χ1v) is 10.0. The van der Waals surface area contributed by atoms with Gasteiger partial charge in [0.1, 0.15) is 18.2 Å². The van der Waals surface area contributed by atoms with Gasteiger partial charge in [0, 0.05) is 10.9 Å². The van der Waals surface area contributed by atoms with Gasteiger partial charge >= 0.3 is 0 Å². The molecule has 4 rings (SSSR count). The van der Waals surface area contributed by atoms with Gasteiger partial charge in [0.2, 0.25) is 0 Å². The summed E-state index contributed by atoms with van der Waals surface area (Å²) >= 11 is 6.76. The van der Waals surface area contributed by atoms with Crippen molar-refractivity contribution in [2.75, 3.05) is 13.2 Å². The van der Waals surface area contributed by atoms with Gasteiger partial charge in [-0.05, 0) is 41.4 Å². The predicted molar refractivity (Wildman–Crippen MR) is 114 cm³/mol. The standard InChI is InChI=1S/C22H15ClFNO3S/c23-17-8-4-9-18(24)16(17)13-20-21(26)25(22(27)29-20)11-12-28-19-10-3-6-14-5-1-2-7-15(14)19/h1-10,13H,11-12H2/b20-13-. The average Bonchev–Trinajstić information content (AvgIpc) is 2.98. The molecule has 0 aliphatic carbocycles. The molecule has 1 aliphatic rings. The molecular weight excluding hydrogens is 413 g/mol. The zero-order chi connectivity index (χ0) is 20.4. The van der Waals surface area contributed by atoms with E-state index in [1.165, 1.54) is 24.3 Å². The van der Waals surface area contributed by atoms with Crippen LogP contribution in [0.25, 0.3) is 16.8 Å². The molecule has 0 aromatic heterocycles. The number of rotatable bonds is 5. The summed E-state index contributed by atoms with van der Waals surface area (Å²) < 4.78 is 19.8. The van der Waals surface area contributed by atoms with Gasteiger partial charge in [0.15, 0.2) is 0 Å². The lowest BCUT2D eigenvalue weighted by molar-refractivity contribution is -0.123. The largest absolute Gasteiger partial charge is 0.491 e. The van der Waals surface area contributed by atoms with E-state index in [1.807, 2.05) is 42.5 Å². The Bertz CT molecular complexity index is 1120.